The van der Waals surface area contributed by atoms with E-state index in [0.29, 0.717) is 49.1 Å². The van der Waals surface area contributed by atoms with Gasteiger partial charge >= 0.3 is 5.97 Å². The molecule has 10 heteroatoms. The Balaban J connectivity index is 1.64. The number of ether oxygens (including phenoxy) is 2. The van der Waals surface area contributed by atoms with Gasteiger partial charge in [-0.3, -0.25) is 9.36 Å². The Hall–Kier alpha value is -4.57. The van der Waals surface area contributed by atoms with Gasteiger partial charge in [0.25, 0.3) is 5.56 Å². The van der Waals surface area contributed by atoms with Gasteiger partial charge in [0.05, 0.1) is 29.5 Å². The van der Waals surface area contributed by atoms with E-state index < -0.39 is 12.0 Å². The molecular formula is C29H25N3O6S. The van der Waals surface area contributed by atoms with Crippen LogP contribution in [0.5, 0.6) is 5.75 Å². The van der Waals surface area contributed by atoms with E-state index in [1.165, 1.54) is 15.9 Å². The van der Waals surface area contributed by atoms with Crippen LogP contribution >= 0.6 is 11.3 Å². The number of nitroso groups, excluding NO2 is 1. The van der Waals surface area contributed by atoms with E-state index in [2.05, 4.69) is 10.2 Å². The minimum Gasteiger partial charge on any atom is -0.496 e. The van der Waals surface area contributed by atoms with Crippen LogP contribution in [0.1, 0.15) is 36.8 Å². The number of benzene rings is 2. The molecule has 2 aromatic heterocycles. The summed E-state index contributed by atoms with van der Waals surface area (Å²) in [7, 11) is 1.54. The molecule has 0 saturated carbocycles. The van der Waals surface area contributed by atoms with Crippen LogP contribution in [0.3, 0.4) is 0 Å². The number of thiazole rings is 1. The summed E-state index contributed by atoms with van der Waals surface area (Å²) in [5.74, 6) is 0.978. The maximum atomic E-state index is 13.8. The van der Waals surface area contributed by atoms with Crippen molar-refractivity contribution < 1.29 is 18.7 Å². The minimum atomic E-state index is -0.785. The average molecular weight is 544 g/mol. The summed E-state index contributed by atoms with van der Waals surface area (Å²) in [5.41, 5.74) is 2.86. The van der Waals surface area contributed by atoms with E-state index in [0.717, 1.165) is 5.56 Å². The second-order valence-corrected chi connectivity index (χ2v) is 9.85. The Kier molecular flexibility index (Phi) is 7.12. The molecule has 3 heterocycles. The van der Waals surface area contributed by atoms with Gasteiger partial charge < -0.3 is 13.9 Å². The summed E-state index contributed by atoms with van der Waals surface area (Å²) in [6, 6.07) is 15.3. The monoisotopic (exact) mass is 543 g/mol. The summed E-state index contributed by atoms with van der Waals surface area (Å²) >= 11 is 1.20. The fraction of sp³-hybridized carbons (Fsp3) is 0.207. The van der Waals surface area contributed by atoms with Crippen LogP contribution in [0.25, 0.3) is 17.4 Å². The number of rotatable bonds is 7. The lowest BCUT2D eigenvalue weighted by molar-refractivity contribution is -0.139. The van der Waals surface area contributed by atoms with Crippen molar-refractivity contribution in [1.82, 2.24) is 4.57 Å². The lowest BCUT2D eigenvalue weighted by Gasteiger charge is -2.25. The van der Waals surface area contributed by atoms with Gasteiger partial charge in [0.1, 0.15) is 29.0 Å². The van der Waals surface area contributed by atoms with Crippen LogP contribution in [0.15, 0.2) is 85.2 Å². The molecule has 1 aliphatic heterocycles. The van der Waals surface area contributed by atoms with Crippen molar-refractivity contribution in [2.75, 3.05) is 13.7 Å². The molecule has 0 N–H and O–H groups in total. The van der Waals surface area contributed by atoms with Gasteiger partial charge in [0, 0.05) is 17.2 Å². The number of aromatic nitrogens is 1. The summed E-state index contributed by atoms with van der Waals surface area (Å²) in [4.78, 5) is 43.0. The van der Waals surface area contributed by atoms with Gasteiger partial charge in [-0.05, 0) is 55.8 Å². The number of nitrogens with zero attached hydrogens (tertiary/aromatic N) is 3. The van der Waals surface area contributed by atoms with Gasteiger partial charge in [-0.15, -0.1) is 4.91 Å². The van der Waals surface area contributed by atoms with Gasteiger partial charge in [0.2, 0.25) is 0 Å². The number of allylic oxidation sites excluding steroid dienone is 1. The van der Waals surface area contributed by atoms with Crippen molar-refractivity contribution in [3.8, 4) is 17.1 Å². The first-order valence-electron chi connectivity index (χ1n) is 12.2. The van der Waals surface area contributed by atoms with Gasteiger partial charge in [-0.25, -0.2) is 9.79 Å². The number of hydrogen-bond acceptors (Lipinski definition) is 9. The van der Waals surface area contributed by atoms with Crippen LogP contribution < -0.4 is 19.6 Å². The lowest BCUT2D eigenvalue weighted by Crippen LogP contribution is -2.40. The standard InChI is InChI=1S/C29H25N3O6S/c1-5-37-28(34)25-17(3)30-29-32(26(25)20-8-6-7-9-23(20)36-4)27(33)24(39-29)15-19-12-13-22(38-19)18-11-10-16(2)21(14-18)31-35/h6-15,26H,5H2,1-4H3/b24-15+. The first-order valence-corrected chi connectivity index (χ1v) is 13.0. The second kappa shape index (κ2) is 10.7. The third-order valence-corrected chi connectivity index (χ3v) is 7.43. The third-order valence-electron chi connectivity index (χ3n) is 6.44. The molecule has 0 radical (unpaired) electrons. The molecule has 0 saturated heterocycles. The van der Waals surface area contributed by atoms with Crippen molar-refractivity contribution in [1.29, 1.82) is 0 Å². The molecule has 39 heavy (non-hydrogen) atoms. The Labute approximate surface area is 227 Å². The predicted molar refractivity (Wildman–Crippen MR) is 148 cm³/mol. The van der Waals surface area contributed by atoms with E-state index in [1.54, 1.807) is 64.3 Å². The zero-order valence-electron chi connectivity index (χ0n) is 21.8. The van der Waals surface area contributed by atoms with E-state index in [4.69, 9.17) is 13.9 Å². The second-order valence-electron chi connectivity index (χ2n) is 8.84. The van der Waals surface area contributed by atoms with Gasteiger partial charge in [-0.2, -0.15) is 0 Å². The maximum absolute atomic E-state index is 13.8. The zero-order chi connectivity index (χ0) is 27.7. The van der Waals surface area contributed by atoms with Crippen LogP contribution in [-0.2, 0) is 9.53 Å². The quantitative estimate of drug-likeness (QED) is 0.245. The molecule has 0 amide bonds. The van der Waals surface area contributed by atoms with E-state index in [-0.39, 0.29) is 17.7 Å². The largest absolute Gasteiger partial charge is 0.496 e. The summed E-state index contributed by atoms with van der Waals surface area (Å²) < 4.78 is 18.8. The normalized spacial score (nSPS) is 15.1. The Bertz CT molecular complexity index is 1810. The molecular weight excluding hydrogens is 518 g/mol. The highest BCUT2D eigenvalue weighted by atomic mass is 32.1. The molecule has 2 aromatic carbocycles. The third kappa shape index (κ3) is 4.74. The van der Waals surface area contributed by atoms with Gasteiger partial charge in [0.15, 0.2) is 4.80 Å². The number of esters is 1. The van der Waals surface area contributed by atoms with E-state index in [1.807, 2.05) is 24.3 Å². The van der Waals surface area contributed by atoms with Crippen molar-refractivity contribution in [2.24, 2.45) is 10.2 Å². The van der Waals surface area contributed by atoms with E-state index >= 15 is 0 Å². The number of aryl methyl sites for hydroxylation is 1. The maximum Gasteiger partial charge on any atom is 0.338 e. The van der Waals surface area contributed by atoms with Crippen molar-refractivity contribution in [3.63, 3.8) is 0 Å². The molecule has 0 aliphatic carbocycles. The predicted octanol–water partition coefficient (Wildman–Crippen LogP) is 4.77. The number of fused-ring (bicyclic) bond motifs is 1. The number of carbonyl (C=O) groups excluding carboxylic acids is 1. The lowest BCUT2D eigenvalue weighted by atomic mass is 9.95. The minimum absolute atomic E-state index is 0.185. The van der Waals surface area contributed by atoms with Crippen molar-refractivity contribution in [2.45, 2.75) is 26.8 Å². The SMILES string of the molecule is CCOC(=O)C1=C(C)N=c2s/c(=C/c3ccc(-c4ccc(C)c(N=O)c4)o3)c(=O)n2C1c1ccccc1OC. The number of para-hydroxylation sites is 1. The highest BCUT2D eigenvalue weighted by molar-refractivity contribution is 7.07. The fourth-order valence-corrected chi connectivity index (χ4v) is 5.58. The molecule has 4 aromatic rings. The smallest absolute Gasteiger partial charge is 0.338 e. The Morgan fingerprint density at radius 3 is 2.72 bits per heavy atom. The molecule has 0 spiro atoms. The molecule has 1 unspecified atom stereocenters. The van der Waals surface area contributed by atoms with Crippen LogP contribution in [0.2, 0.25) is 0 Å². The summed E-state index contributed by atoms with van der Waals surface area (Å²) in [6.07, 6.45) is 1.64. The molecule has 198 valence electrons. The number of carbonyl (C=O) groups is 1. The Morgan fingerprint density at radius 1 is 1.18 bits per heavy atom. The van der Waals surface area contributed by atoms with E-state index in [9.17, 15) is 14.5 Å². The van der Waals surface area contributed by atoms with Crippen LogP contribution in [0, 0.1) is 11.8 Å². The highest BCUT2D eigenvalue weighted by Gasteiger charge is 2.35. The average Bonchev–Trinajstić information content (AvgIpc) is 3.52. The first kappa shape index (κ1) is 26.1. The summed E-state index contributed by atoms with van der Waals surface area (Å²) in [5, 5.41) is 3.06. The molecule has 1 aliphatic rings. The number of hydrogen-bond donors (Lipinski definition) is 0. The molecule has 0 fully saturated rings. The van der Waals surface area contributed by atoms with Crippen molar-refractivity contribution in [3.05, 3.63) is 107 Å². The fourth-order valence-electron chi connectivity index (χ4n) is 4.55. The molecule has 5 rings (SSSR count). The highest BCUT2D eigenvalue weighted by Crippen LogP contribution is 2.35. The topological polar surface area (TPSA) is 112 Å². The van der Waals surface area contributed by atoms with Crippen LogP contribution in [0.4, 0.5) is 5.69 Å². The molecule has 9 nitrogen and oxygen atoms in total. The Morgan fingerprint density at radius 2 is 1.97 bits per heavy atom. The first-order chi connectivity index (χ1) is 18.9. The zero-order valence-corrected chi connectivity index (χ0v) is 22.6. The van der Waals surface area contributed by atoms with Gasteiger partial charge in [-0.1, -0.05) is 41.7 Å². The molecule has 1 atom stereocenters. The van der Waals surface area contributed by atoms with Crippen LogP contribution in [-0.4, -0.2) is 24.3 Å². The summed E-state index contributed by atoms with van der Waals surface area (Å²) in [6.45, 7) is 5.45. The van der Waals surface area contributed by atoms with Crippen molar-refractivity contribution >= 4 is 29.1 Å². The number of furan rings is 1. The number of methoxy groups -OCH3 is 1. The molecule has 0 bridgehead atoms.